The minimum absolute atomic E-state index is 0.0443. The fourth-order valence-electron chi connectivity index (χ4n) is 9.61. The van der Waals surface area contributed by atoms with E-state index in [1.807, 2.05) is 12.2 Å². The molecule has 0 aromatic rings. The summed E-state index contributed by atoms with van der Waals surface area (Å²) in [5.74, 6) is 3.68. The molecular weight excluding hydrogens is 348 g/mol. The molecule has 1 heterocycles. The molecule has 1 aliphatic heterocycles. The summed E-state index contributed by atoms with van der Waals surface area (Å²) in [4.78, 5) is 24.4. The molecule has 6 fully saturated rings. The van der Waals surface area contributed by atoms with Gasteiger partial charge in [-0.1, -0.05) is 25.5 Å². The summed E-state index contributed by atoms with van der Waals surface area (Å²) in [7, 11) is 0. The highest BCUT2D eigenvalue weighted by Crippen LogP contribution is 2.81. The second kappa shape index (κ2) is 4.52. The van der Waals surface area contributed by atoms with Crippen LogP contribution in [0, 0.1) is 45.8 Å². The molecule has 0 radical (unpaired) electrons. The minimum Gasteiger partial charge on any atom is -0.458 e. The molecule has 0 N–H and O–H groups in total. The molecule has 6 aliphatic carbocycles. The number of allylic oxidation sites excluding steroid dienone is 4. The molecule has 5 saturated carbocycles. The summed E-state index contributed by atoms with van der Waals surface area (Å²) in [6.07, 6.45) is 15.2. The molecule has 3 heteroatoms. The van der Waals surface area contributed by atoms with Gasteiger partial charge in [0.1, 0.15) is 5.60 Å². The van der Waals surface area contributed by atoms with Crippen molar-refractivity contribution in [3.8, 4) is 0 Å². The van der Waals surface area contributed by atoms with E-state index in [1.54, 1.807) is 0 Å². The fourth-order valence-corrected chi connectivity index (χ4v) is 9.61. The first-order valence-corrected chi connectivity index (χ1v) is 11.5. The zero-order valence-electron chi connectivity index (χ0n) is 17.0. The van der Waals surface area contributed by atoms with E-state index in [0.717, 1.165) is 18.3 Å². The molecule has 0 unspecified atom stereocenters. The zero-order valence-corrected chi connectivity index (χ0v) is 17.0. The number of esters is 1. The van der Waals surface area contributed by atoms with Gasteiger partial charge in [0.05, 0.1) is 0 Å². The number of ether oxygens (including phenoxy) is 1. The first kappa shape index (κ1) is 16.4. The lowest BCUT2D eigenvalue weighted by Gasteiger charge is -2.61. The summed E-state index contributed by atoms with van der Waals surface area (Å²) >= 11 is 0. The van der Waals surface area contributed by atoms with Crippen LogP contribution < -0.4 is 0 Å². The lowest BCUT2D eigenvalue weighted by atomic mass is 9.44. The van der Waals surface area contributed by atoms with E-state index >= 15 is 0 Å². The van der Waals surface area contributed by atoms with Gasteiger partial charge in [-0.3, -0.25) is 9.59 Å². The maximum atomic E-state index is 12.2. The van der Waals surface area contributed by atoms with Crippen LogP contribution in [0.15, 0.2) is 23.8 Å². The van der Waals surface area contributed by atoms with E-state index in [1.165, 1.54) is 44.1 Å². The average Bonchev–Trinajstić information content (AvgIpc) is 3.55. The SMILES string of the molecule is C[C@]12C=CC(=O)C=C1C1(CC1)C[C@H]1[C@@H]3[C@H]4C[C@H]4[C@@]4(CCC(=O)O4)[C@@]3(C)CC[C@@H]12. The average molecular weight is 379 g/mol. The van der Waals surface area contributed by atoms with Gasteiger partial charge in [-0.25, -0.2) is 0 Å². The van der Waals surface area contributed by atoms with Crippen LogP contribution in [-0.4, -0.2) is 17.4 Å². The standard InChI is InChI=1S/C25H30O3/c1-22-6-3-14(26)11-19(22)24(9-10-24)13-16-17(22)4-7-23(2)21(16)15-12-18(15)25(23)8-5-20(27)28-25/h3,6,11,15-18,21H,4-5,7-10,12-13H2,1-2H3/t15-,16+,17-,18+,21-,22+,23-,25-/m0/s1. The van der Waals surface area contributed by atoms with Crippen molar-refractivity contribution in [1.29, 1.82) is 0 Å². The highest BCUT2D eigenvalue weighted by molar-refractivity contribution is 6.01. The first-order chi connectivity index (χ1) is 13.3. The topological polar surface area (TPSA) is 43.4 Å². The van der Waals surface area contributed by atoms with Crippen molar-refractivity contribution in [3.63, 3.8) is 0 Å². The summed E-state index contributed by atoms with van der Waals surface area (Å²) in [5.41, 5.74) is 1.82. The van der Waals surface area contributed by atoms with E-state index in [9.17, 15) is 9.59 Å². The Morgan fingerprint density at radius 2 is 1.86 bits per heavy atom. The largest absolute Gasteiger partial charge is 0.458 e. The molecule has 8 atom stereocenters. The number of carbonyl (C=O) groups excluding carboxylic acids is 2. The van der Waals surface area contributed by atoms with Gasteiger partial charge in [0.2, 0.25) is 0 Å². The van der Waals surface area contributed by atoms with Crippen LogP contribution in [0.3, 0.4) is 0 Å². The quantitative estimate of drug-likeness (QED) is 0.578. The van der Waals surface area contributed by atoms with Crippen molar-refractivity contribution < 1.29 is 14.3 Å². The smallest absolute Gasteiger partial charge is 0.306 e. The monoisotopic (exact) mass is 378 g/mol. The van der Waals surface area contributed by atoms with Gasteiger partial charge in [0, 0.05) is 23.2 Å². The van der Waals surface area contributed by atoms with Crippen LogP contribution in [0.1, 0.15) is 65.2 Å². The van der Waals surface area contributed by atoms with E-state index in [0.29, 0.717) is 29.6 Å². The number of fused-ring (bicyclic) bond motifs is 10. The number of hydrogen-bond donors (Lipinski definition) is 0. The highest BCUT2D eigenvalue weighted by Gasteiger charge is 2.80. The lowest BCUT2D eigenvalue weighted by Crippen LogP contribution is -2.57. The maximum Gasteiger partial charge on any atom is 0.306 e. The van der Waals surface area contributed by atoms with Crippen LogP contribution in [-0.2, 0) is 14.3 Å². The molecule has 0 amide bonds. The van der Waals surface area contributed by atoms with Crippen LogP contribution in [0.4, 0.5) is 0 Å². The van der Waals surface area contributed by atoms with Crippen LogP contribution in [0.5, 0.6) is 0 Å². The van der Waals surface area contributed by atoms with Gasteiger partial charge in [0.15, 0.2) is 5.78 Å². The molecule has 0 aromatic heterocycles. The highest BCUT2D eigenvalue weighted by atomic mass is 16.6. The van der Waals surface area contributed by atoms with Crippen molar-refractivity contribution in [2.75, 3.05) is 0 Å². The molecule has 148 valence electrons. The van der Waals surface area contributed by atoms with Gasteiger partial charge in [-0.2, -0.15) is 0 Å². The Labute approximate surface area is 167 Å². The van der Waals surface area contributed by atoms with E-state index in [4.69, 9.17) is 4.74 Å². The van der Waals surface area contributed by atoms with Gasteiger partial charge >= 0.3 is 5.97 Å². The number of ketones is 1. The molecule has 7 aliphatic rings. The third-order valence-electron chi connectivity index (χ3n) is 10.8. The van der Waals surface area contributed by atoms with Crippen molar-refractivity contribution >= 4 is 11.8 Å². The second-order valence-corrected chi connectivity index (χ2v) is 11.7. The molecule has 28 heavy (non-hydrogen) atoms. The normalized spacial score (nSPS) is 56.6. The van der Waals surface area contributed by atoms with Crippen molar-refractivity contribution in [2.24, 2.45) is 45.8 Å². The van der Waals surface area contributed by atoms with Crippen molar-refractivity contribution in [2.45, 2.75) is 70.8 Å². The fraction of sp³-hybridized carbons (Fsp3) is 0.760. The molecule has 3 nitrogen and oxygen atoms in total. The number of rotatable bonds is 0. The Morgan fingerprint density at radius 1 is 1.04 bits per heavy atom. The molecule has 1 saturated heterocycles. The Balaban J connectivity index is 1.34. The molecule has 0 aromatic carbocycles. The Morgan fingerprint density at radius 3 is 2.57 bits per heavy atom. The Hall–Kier alpha value is -1.38. The van der Waals surface area contributed by atoms with E-state index in [2.05, 4.69) is 19.9 Å². The Kier molecular flexibility index (Phi) is 2.65. The van der Waals surface area contributed by atoms with Gasteiger partial charge in [0.25, 0.3) is 0 Å². The summed E-state index contributed by atoms with van der Waals surface area (Å²) in [6.45, 7) is 4.90. The van der Waals surface area contributed by atoms with Crippen molar-refractivity contribution in [3.05, 3.63) is 23.8 Å². The van der Waals surface area contributed by atoms with E-state index < -0.39 is 0 Å². The van der Waals surface area contributed by atoms with Crippen LogP contribution >= 0.6 is 0 Å². The van der Waals surface area contributed by atoms with Crippen LogP contribution in [0.2, 0.25) is 0 Å². The third kappa shape index (κ3) is 1.60. The minimum atomic E-state index is -0.156. The molecular formula is C25H30O3. The lowest BCUT2D eigenvalue weighted by molar-refractivity contribution is -0.176. The second-order valence-electron chi connectivity index (χ2n) is 11.7. The van der Waals surface area contributed by atoms with Gasteiger partial charge < -0.3 is 4.74 Å². The summed E-state index contributed by atoms with van der Waals surface area (Å²) < 4.78 is 6.22. The maximum absolute atomic E-state index is 12.2. The van der Waals surface area contributed by atoms with Crippen molar-refractivity contribution in [1.82, 2.24) is 0 Å². The van der Waals surface area contributed by atoms with Gasteiger partial charge in [-0.15, -0.1) is 0 Å². The molecule has 0 bridgehead atoms. The molecule has 7 rings (SSSR count). The predicted octanol–water partition coefficient (Wildman–Crippen LogP) is 4.62. The zero-order chi connectivity index (χ0) is 19.1. The van der Waals surface area contributed by atoms with Crippen LogP contribution in [0.25, 0.3) is 0 Å². The number of hydrogen-bond acceptors (Lipinski definition) is 3. The number of carbonyl (C=O) groups is 2. The predicted molar refractivity (Wildman–Crippen MR) is 104 cm³/mol. The van der Waals surface area contributed by atoms with E-state index in [-0.39, 0.29) is 28.2 Å². The van der Waals surface area contributed by atoms with Gasteiger partial charge in [-0.05, 0) is 86.2 Å². The first-order valence-electron chi connectivity index (χ1n) is 11.5. The molecule has 2 spiro atoms. The summed E-state index contributed by atoms with van der Waals surface area (Å²) in [6, 6.07) is 0. The summed E-state index contributed by atoms with van der Waals surface area (Å²) in [5, 5.41) is 0. The third-order valence-corrected chi connectivity index (χ3v) is 10.8. The Bertz CT molecular complexity index is 893.